The Morgan fingerprint density at radius 3 is 2.00 bits per heavy atom. The van der Waals surface area contributed by atoms with Crippen LogP contribution in [0.15, 0.2) is 12.1 Å². The Hall–Kier alpha value is -2.17. The fourth-order valence-corrected chi connectivity index (χ4v) is 1.45. The van der Waals surface area contributed by atoms with Crippen molar-refractivity contribution in [3.63, 3.8) is 0 Å². The summed E-state index contributed by atoms with van der Waals surface area (Å²) in [5, 5.41) is 8.89. The zero-order valence-electron chi connectivity index (χ0n) is 9.73. The van der Waals surface area contributed by atoms with Gasteiger partial charge < -0.3 is 9.84 Å². The Kier molecular flexibility index (Phi) is 3.62. The average molecular weight is 236 g/mol. The topological polar surface area (TPSA) is 80.7 Å². The SMILES string of the molecule is CC(=O)OC(=O)c1cc(C)c(C(=O)O)cc1C. The van der Waals surface area contributed by atoms with E-state index in [2.05, 4.69) is 4.74 Å². The second-order valence-electron chi connectivity index (χ2n) is 3.67. The number of rotatable bonds is 2. The van der Waals surface area contributed by atoms with E-state index in [9.17, 15) is 14.4 Å². The van der Waals surface area contributed by atoms with Gasteiger partial charge in [-0.3, -0.25) is 4.79 Å². The lowest BCUT2D eigenvalue weighted by Crippen LogP contribution is -2.12. The van der Waals surface area contributed by atoms with Crippen LogP contribution in [0.1, 0.15) is 38.8 Å². The van der Waals surface area contributed by atoms with Crippen molar-refractivity contribution in [2.75, 3.05) is 0 Å². The average Bonchev–Trinajstić information content (AvgIpc) is 2.19. The highest BCUT2D eigenvalue weighted by Gasteiger charge is 2.17. The standard InChI is InChI=1S/C12H12O5/c1-6-5-10(12(16)17-8(3)13)7(2)4-9(6)11(14)15/h4-5H,1-3H3,(H,14,15). The molecule has 0 saturated heterocycles. The van der Waals surface area contributed by atoms with Crippen LogP contribution < -0.4 is 0 Å². The monoisotopic (exact) mass is 236 g/mol. The van der Waals surface area contributed by atoms with Gasteiger partial charge in [-0.2, -0.15) is 0 Å². The Balaban J connectivity index is 3.20. The van der Waals surface area contributed by atoms with Gasteiger partial charge in [-0.15, -0.1) is 0 Å². The van der Waals surface area contributed by atoms with Crippen LogP contribution in [-0.2, 0) is 9.53 Å². The van der Waals surface area contributed by atoms with Crippen LogP contribution in [-0.4, -0.2) is 23.0 Å². The fourth-order valence-electron chi connectivity index (χ4n) is 1.45. The lowest BCUT2D eigenvalue weighted by molar-refractivity contribution is -0.135. The van der Waals surface area contributed by atoms with Gasteiger partial charge in [0.2, 0.25) is 0 Å². The number of carbonyl (C=O) groups is 3. The normalized spacial score (nSPS) is 9.82. The molecule has 0 aliphatic heterocycles. The molecule has 1 aromatic carbocycles. The molecule has 1 N–H and O–H groups in total. The second-order valence-corrected chi connectivity index (χ2v) is 3.67. The van der Waals surface area contributed by atoms with Gasteiger partial charge in [0, 0.05) is 6.92 Å². The van der Waals surface area contributed by atoms with E-state index in [-0.39, 0.29) is 11.1 Å². The number of hydrogen-bond donors (Lipinski definition) is 1. The van der Waals surface area contributed by atoms with E-state index in [0.717, 1.165) is 6.92 Å². The Labute approximate surface area is 98.0 Å². The summed E-state index contributed by atoms with van der Waals surface area (Å²) < 4.78 is 4.45. The fraction of sp³-hybridized carbons (Fsp3) is 0.250. The maximum atomic E-state index is 11.5. The summed E-state index contributed by atoms with van der Waals surface area (Å²) in [4.78, 5) is 33.0. The summed E-state index contributed by atoms with van der Waals surface area (Å²) in [6.45, 7) is 4.29. The predicted octanol–water partition coefficient (Wildman–Crippen LogP) is 1.70. The van der Waals surface area contributed by atoms with Crippen molar-refractivity contribution in [1.82, 2.24) is 0 Å². The highest BCUT2D eigenvalue weighted by molar-refractivity contribution is 5.99. The summed E-state index contributed by atoms with van der Waals surface area (Å²) in [5.74, 6) is -2.53. The molecule has 0 aliphatic carbocycles. The molecule has 5 nitrogen and oxygen atoms in total. The Morgan fingerprint density at radius 2 is 1.53 bits per heavy atom. The van der Waals surface area contributed by atoms with Gasteiger partial charge in [0.15, 0.2) is 0 Å². The van der Waals surface area contributed by atoms with E-state index in [1.165, 1.54) is 12.1 Å². The number of carboxylic acid groups (broad SMARTS) is 1. The first-order chi connectivity index (χ1) is 7.82. The number of aromatic carboxylic acids is 1. The molecule has 1 rings (SSSR count). The minimum Gasteiger partial charge on any atom is -0.478 e. The summed E-state index contributed by atoms with van der Waals surface area (Å²) in [6.07, 6.45) is 0. The molecule has 0 aliphatic rings. The lowest BCUT2D eigenvalue weighted by Gasteiger charge is -2.08. The quantitative estimate of drug-likeness (QED) is 0.624. The maximum Gasteiger partial charge on any atom is 0.346 e. The summed E-state index contributed by atoms with van der Waals surface area (Å²) in [5.41, 5.74) is 1.22. The molecule has 0 fully saturated rings. The van der Waals surface area contributed by atoms with Gasteiger partial charge >= 0.3 is 17.9 Å². The molecule has 0 spiro atoms. The number of carbonyl (C=O) groups excluding carboxylic acids is 2. The van der Waals surface area contributed by atoms with Gasteiger partial charge in [-0.25, -0.2) is 9.59 Å². The molecular weight excluding hydrogens is 224 g/mol. The highest BCUT2D eigenvalue weighted by atomic mass is 16.6. The molecule has 17 heavy (non-hydrogen) atoms. The molecule has 0 unspecified atom stereocenters. The molecule has 0 aromatic heterocycles. The largest absolute Gasteiger partial charge is 0.478 e. The molecule has 0 bridgehead atoms. The zero-order chi connectivity index (χ0) is 13.2. The van der Waals surface area contributed by atoms with E-state index in [0.29, 0.717) is 11.1 Å². The third kappa shape index (κ3) is 2.90. The molecular formula is C12H12O5. The lowest BCUT2D eigenvalue weighted by atomic mass is 10.00. The van der Waals surface area contributed by atoms with E-state index >= 15 is 0 Å². The van der Waals surface area contributed by atoms with Crippen LogP contribution in [0.2, 0.25) is 0 Å². The number of carboxylic acids is 1. The van der Waals surface area contributed by atoms with Gasteiger partial charge in [0.05, 0.1) is 11.1 Å². The van der Waals surface area contributed by atoms with E-state index in [1.54, 1.807) is 13.8 Å². The zero-order valence-corrected chi connectivity index (χ0v) is 9.73. The van der Waals surface area contributed by atoms with E-state index < -0.39 is 17.9 Å². The summed E-state index contributed by atoms with van der Waals surface area (Å²) in [6, 6.07) is 2.79. The summed E-state index contributed by atoms with van der Waals surface area (Å²) in [7, 11) is 0. The van der Waals surface area contributed by atoms with Crippen LogP contribution in [0, 0.1) is 13.8 Å². The van der Waals surface area contributed by atoms with Crippen molar-refractivity contribution in [2.45, 2.75) is 20.8 Å². The first-order valence-electron chi connectivity index (χ1n) is 4.90. The smallest absolute Gasteiger partial charge is 0.346 e. The Bertz CT molecular complexity index is 502. The molecule has 5 heteroatoms. The van der Waals surface area contributed by atoms with Crippen molar-refractivity contribution in [3.8, 4) is 0 Å². The Morgan fingerprint density at radius 1 is 1.06 bits per heavy atom. The van der Waals surface area contributed by atoms with Gasteiger partial charge in [0.25, 0.3) is 0 Å². The minimum atomic E-state index is -1.06. The van der Waals surface area contributed by atoms with Crippen molar-refractivity contribution >= 4 is 17.9 Å². The van der Waals surface area contributed by atoms with Gasteiger partial charge in [-0.05, 0) is 37.1 Å². The number of benzene rings is 1. The molecule has 0 amide bonds. The predicted molar refractivity (Wildman–Crippen MR) is 59.0 cm³/mol. The van der Waals surface area contributed by atoms with Crippen LogP contribution in [0.25, 0.3) is 0 Å². The van der Waals surface area contributed by atoms with Gasteiger partial charge in [-0.1, -0.05) is 0 Å². The van der Waals surface area contributed by atoms with Crippen LogP contribution in [0.5, 0.6) is 0 Å². The van der Waals surface area contributed by atoms with Crippen molar-refractivity contribution in [1.29, 1.82) is 0 Å². The molecule has 90 valence electrons. The molecule has 1 aromatic rings. The van der Waals surface area contributed by atoms with Crippen LogP contribution in [0.4, 0.5) is 0 Å². The minimum absolute atomic E-state index is 0.127. The second kappa shape index (κ2) is 4.78. The number of esters is 2. The third-order valence-electron chi connectivity index (χ3n) is 2.26. The third-order valence-corrected chi connectivity index (χ3v) is 2.26. The van der Waals surface area contributed by atoms with Crippen molar-refractivity contribution in [2.24, 2.45) is 0 Å². The maximum absolute atomic E-state index is 11.5. The van der Waals surface area contributed by atoms with Crippen molar-refractivity contribution in [3.05, 3.63) is 34.4 Å². The first kappa shape index (κ1) is 12.9. The van der Waals surface area contributed by atoms with Crippen LogP contribution in [0.3, 0.4) is 0 Å². The van der Waals surface area contributed by atoms with Gasteiger partial charge in [0.1, 0.15) is 0 Å². The molecule has 0 radical (unpaired) electrons. The number of hydrogen-bond acceptors (Lipinski definition) is 4. The van der Waals surface area contributed by atoms with Crippen molar-refractivity contribution < 1.29 is 24.2 Å². The van der Waals surface area contributed by atoms with E-state index in [4.69, 9.17) is 5.11 Å². The van der Waals surface area contributed by atoms with E-state index in [1.807, 2.05) is 0 Å². The molecule has 0 atom stereocenters. The number of ether oxygens (including phenoxy) is 1. The summed E-state index contributed by atoms with van der Waals surface area (Å²) >= 11 is 0. The molecule has 0 saturated carbocycles. The molecule has 0 heterocycles. The first-order valence-corrected chi connectivity index (χ1v) is 4.90. The number of aryl methyl sites for hydroxylation is 2. The highest BCUT2D eigenvalue weighted by Crippen LogP contribution is 2.17. The van der Waals surface area contributed by atoms with Crippen LogP contribution >= 0.6 is 0 Å².